The standard InChI is InChI=1S/C18H20N4O5S/c1-2-8-20-17(23)14-12-21(18(24)25)10-11-22(14)28(26,27)15-7-3-5-13-6-4-9-19-16(13)15/h2-7,9,14H,1,8,10-12H2,(H,20,23)(H,24,25)/t14-/m1/s1. The molecule has 148 valence electrons. The summed E-state index contributed by atoms with van der Waals surface area (Å²) in [5, 5.41) is 12.5. The second-order valence-electron chi connectivity index (χ2n) is 6.23. The van der Waals surface area contributed by atoms with Crippen LogP contribution in [0.4, 0.5) is 4.79 Å². The molecule has 0 aliphatic carbocycles. The largest absolute Gasteiger partial charge is 0.465 e. The number of carboxylic acid groups (broad SMARTS) is 1. The number of piperazine rings is 1. The third-order valence-corrected chi connectivity index (χ3v) is 6.45. The summed E-state index contributed by atoms with van der Waals surface area (Å²) in [6.07, 6.45) is 1.76. The van der Waals surface area contributed by atoms with Crippen molar-refractivity contribution in [2.45, 2.75) is 10.9 Å². The maximum Gasteiger partial charge on any atom is 0.407 e. The van der Waals surface area contributed by atoms with Crippen molar-refractivity contribution in [3.05, 3.63) is 49.2 Å². The summed E-state index contributed by atoms with van der Waals surface area (Å²) >= 11 is 0. The number of fused-ring (bicyclic) bond motifs is 1. The quantitative estimate of drug-likeness (QED) is 0.714. The van der Waals surface area contributed by atoms with Gasteiger partial charge in [-0.15, -0.1) is 6.58 Å². The van der Waals surface area contributed by atoms with E-state index < -0.39 is 28.1 Å². The zero-order valence-corrected chi connectivity index (χ0v) is 15.8. The first kappa shape index (κ1) is 19.8. The molecular formula is C18H20N4O5S. The van der Waals surface area contributed by atoms with Gasteiger partial charge in [-0.3, -0.25) is 9.78 Å². The van der Waals surface area contributed by atoms with Crippen molar-refractivity contribution in [2.24, 2.45) is 0 Å². The molecule has 0 radical (unpaired) electrons. The molecule has 1 fully saturated rings. The van der Waals surface area contributed by atoms with Gasteiger partial charge in [0.1, 0.15) is 10.9 Å². The molecule has 10 heteroatoms. The Labute approximate surface area is 162 Å². The van der Waals surface area contributed by atoms with Crippen LogP contribution >= 0.6 is 0 Å². The van der Waals surface area contributed by atoms with Gasteiger partial charge in [-0.05, 0) is 12.1 Å². The molecule has 1 aromatic carbocycles. The lowest BCUT2D eigenvalue weighted by molar-refractivity contribution is -0.126. The number of hydrogen-bond acceptors (Lipinski definition) is 5. The minimum atomic E-state index is -4.09. The van der Waals surface area contributed by atoms with E-state index in [9.17, 15) is 23.1 Å². The predicted octanol–water partition coefficient (Wildman–Crippen LogP) is 0.890. The fourth-order valence-electron chi connectivity index (χ4n) is 3.14. The molecule has 1 atom stereocenters. The van der Waals surface area contributed by atoms with Gasteiger partial charge >= 0.3 is 6.09 Å². The van der Waals surface area contributed by atoms with E-state index >= 15 is 0 Å². The normalized spacial score (nSPS) is 18.0. The van der Waals surface area contributed by atoms with Crippen LogP contribution in [0.3, 0.4) is 0 Å². The highest BCUT2D eigenvalue weighted by atomic mass is 32.2. The summed E-state index contributed by atoms with van der Waals surface area (Å²) in [7, 11) is -4.09. The first-order chi connectivity index (χ1) is 13.4. The highest BCUT2D eigenvalue weighted by Crippen LogP contribution is 2.27. The van der Waals surface area contributed by atoms with Gasteiger partial charge in [0.05, 0.1) is 5.52 Å². The summed E-state index contributed by atoms with van der Waals surface area (Å²) in [6.45, 7) is 3.24. The minimum absolute atomic E-state index is 0.0177. The number of aromatic nitrogens is 1. The van der Waals surface area contributed by atoms with Crippen LogP contribution < -0.4 is 5.32 Å². The van der Waals surface area contributed by atoms with Gasteiger partial charge < -0.3 is 15.3 Å². The van der Waals surface area contributed by atoms with Gasteiger partial charge in [0.15, 0.2) is 0 Å². The Balaban J connectivity index is 2.03. The van der Waals surface area contributed by atoms with E-state index in [0.29, 0.717) is 10.9 Å². The Morgan fingerprint density at radius 3 is 2.75 bits per heavy atom. The number of carbonyl (C=O) groups excluding carboxylic acids is 1. The van der Waals surface area contributed by atoms with Crippen LogP contribution in [0, 0.1) is 0 Å². The zero-order chi connectivity index (χ0) is 20.3. The van der Waals surface area contributed by atoms with Gasteiger partial charge in [-0.1, -0.05) is 24.3 Å². The molecule has 0 bridgehead atoms. The van der Waals surface area contributed by atoms with Crippen LogP contribution in [0.5, 0.6) is 0 Å². The number of nitrogens with one attached hydrogen (secondary N) is 1. The van der Waals surface area contributed by atoms with Crippen molar-refractivity contribution < 1.29 is 23.1 Å². The summed E-state index contributed by atoms with van der Waals surface area (Å²) in [6, 6.07) is 7.06. The lowest BCUT2D eigenvalue weighted by Gasteiger charge is -2.38. The monoisotopic (exact) mass is 404 g/mol. The van der Waals surface area contributed by atoms with E-state index in [4.69, 9.17) is 0 Å². The molecule has 0 spiro atoms. The van der Waals surface area contributed by atoms with Crippen LogP contribution in [0.25, 0.3) is 10.9 Å². The Morgan fingerprint density at radius 2 is 2.04 bits per heavy atom. The number of benzene rings is 1. The molecule has 1 aromatic heterocycles. The van der Waals surface area contributed by atoms with E-state index in [2.05, 4.69) is 16.9 Å². The lowest BCUT2D eigenvalue weighted by Crippen LogP contribution is -2.61. The number of amides is 2. The SMILES string of the molecule is C=CCNC(=O)[C@H]1CN(C(=O)O)CCN1S(=O)(=O)c1cccc2cccnc12. The third-order valence-electron chi connectivity index (χ3n) is 4.51. The molecule has 1 aliphatic heterocycles. The van der Waals surface area contributed by atoms with Gasteiger partial charge in [-0.25, -0.2) is 13.2 Å². The summed E-state index contributed by atoms with van der Waals surface area (Å²) < 4.78 is 27.8. The molecule has 2 amide bonds. The second-order valence-corrected chi connectivity index (χ2v) is 8.08. The van der Waals surface area contributed by atoms with Crippen molar-refractivity contribution in [1.29, 1.82) is 0 Å². The first-order valence-electron chi connectivity index (χ1n) is 8.58. The highest BCUT2D eigenvalue weighted by molar-refractivity contribution is 7.89. The van der Waals surface area contributed by atoms with E-state index in [1.54, 1.807) is 24.3 Å². The van der Waals surface area contributed by atoms with Crippen LogP contribution in [0.1, 0.15) is 0 Å². The molecule has 1 saturated heterocycles. The number of pyridine rings is 1. The van der Waals surface area contributed by atoms with Crippen molar-refractivity contribution >= 4 is 32.9 Å². The second kappa shape index (κ2) is 7.95. The third kappa shape index (κ3) is 3.69. The summed E-state index contributed by atoms with van der Waals surface area (Å²) in [4.78, 5) is 29.1. The van der Waals surface area contributed by atoms with Crippen molar-refractivity contribution in [3.63, 3.8) is 0 Å². The average Bonchev–Trinajstić information content (AvgIpc) is 2.70. The molecule has 1 aliphatic rings. The molecule has 2 N–H and O–H groups in total. The van der Waals surface area contributed by atoms with Crippen LogP contribution in [-0.2, 0) is 14.8 Å². The smallest absolute Gasteiger partial charge is 0.407 e. The van der Waals surface area contributed by atoms with Crippen molar-refractivity contribution in [3.8, 4) is 0 Å². The van der Waals surface area contributed by atoms with Gasteiger partial charge in [0.25, 0.3) is 0 Å². The number of sulfonamides is 1. The average molecular weight is 404 g/mol. The number of carbonyl (C=O) groups is 2. The molecule has 0 saturated carbocycles. The Morgan fingerprint density at radius 1 is 1.29 bits per heavy atom. The fourth-order valence-corrected chi connectivity index (χ4v) is 4.88. The molecule has 0 unspecified atom stereocenters. The van der Waals surface area contributed by atoms with E-state index in [0.717, 1.165) is 9.21 Å². The molecule has 2 aromatic rings. The number of hydrogen-bond donors (Lipinski definition) is 2. The van der Waals surface area contributed by atoms with Gasteiger partial charge in [-0.2, -0.15) is 4.31 Å². The highest BCUT2D eigenvalue weighted by Gasteiger charge is 2.41. The molecular weight excluding hydrogens is 384 g/mol. The minimum Gasteiger partial charge on any atom is -0.465 e. The maximum atomic E-state index is 13.4. The van der Waals surface area contributed by atoms with E-state index in [-0.39, 0.29) is 31.1 Å². The number of rotatable bonds is 5. The molecule has 28 heavy (non-hydrogen) atoms. The number of nitrogens with zero attached hydrogens (tertiary/aromatic N) is 3. The van der Waals surface area contributed by atoms with Crippen molar-refractivity contribution in [1.82, 2.24) is 19.5 Å². The molecule has 9 nitrogen and oxygen atoms in total. The molecule has 2 heterocycles. The fraction of sp³-hybridized carbons (Fsp3) is 0.278. The summed E-state index contributed by atoms with van der Waals surface area (Å²) in [5.74, 6) is -0.581. The lowest BCUT2D eigenvalue weighted by atomic mass is 10.2. The Bertz CT molecular complexity index is 1020. The van der Waals surface area contributed by atoms with Gasteiger partial charge in [0, 0.05) is 37.8 Å². The first-order valence-corrected chi connectivity index (χ1v) is 10.0. The van der Waals surface area contributed by atoms with E-state index in [1.807, 2.05) is 0 Å². The topological polar surface area (TPSA) is 120 Å². The van der Waals surface area contributed by atoms with Crippen molar-refractivity contribution in [2.75, 3.05) is 26.2 Å². The van der Waals surface area contributed by atoms with Crippen LogP contribution in [0.15, 0.2) is 54.1 Å². The number of para-hydroxylation sites is 1. The Kier molecular flexibility index (Phi) is 5.61. The van der Waals surface area contributed by atoms with Crippen LogP contribution in [-0.4, -0.2) is 71.9 Å². The Hall–Kier alpha value is -2.98. The van der Waals surface area contributed by atoms with Gasteiger partial charge in [0.2, 0.25) is 15.9 Å². The molecule has 3 rings (SSSR count). The maximum absolute atomic E-state index is 13.4. The summed E-state index contributed by atoms with van der Waals surface area (Å²) in [5.41, 5.74) is 0.302. The van der Waals surface area contributed by atoms with E-state index in [1.165, 1.54) is 18.3 Å². The van der Waals surface area contributed by atoms with Crippen LogP contribution in [0.2, 0.25) is 0 Å². The zero-order valence-electron chi connectivity index (χ0n) is 15.0. The predicted molar refractivity (Wildman–Crippen MR) is 102 cm³/mol.